The first-order valence-corrected chi connectivity index (χ1v) is 12.2. The fourth-order valence-corrected chi connectivity index (χ4v) is 3.18. The number of benzene rings is 1. The van der Waals surface area contributed by atoms with Gasteiger partial charge in [0.2, 0.25) is 0 Å². The minimum absolute atomic E-state index is 0.223. The molecule has 32 heavy (non-hydrogen) atoms. The zero-order chi connectivity index (χ0) is 23.9. The van der Waals surface area contributed by atoms with Gasteiger partial charge in [-0.25, -0.2) is 4.98 Å². The maximum Gasteiger partial charge on any atom is 0.269 e. The molecule has 2 aromatic rings. The highest BCUT2D eigenvalue weighted by Gasteiger charge is 2.17. The number of nitrogens with two attached hydrogens (primary N) is 1. The summed E-state index contributed by atoms with van der Waals surface area (Å²) in [5, 5.41) is 4.54. The third-order valence-electron chi connectivity index (χ3n) is 3.97. The Morgan fingerprint density at radius 3 is 1.62 bits per heavy atom. The number of nitrogen functional groups attached to an aromatic ring is 1. The highest BCUT2D eigenvalue weighted by molar-refractivity contribution is 7.86. The topological polar surface area (TPSA) is 218 Å². The van der Waals surface area contributed by atoms with Crippen LogP contribution in [0, 0.1) is 0 Å². The van der Waals surface area contributed by atoms with Crippen LogP contribution in [0.25, 0.3) is 11.1 Å². The summed E-state index contributed by atoms with van der Waals surface area (Å²) in [5.74, 6) is 2.30. The van der Waals surface area contributed by atoms with Gasteiger partial charge in [-0.05, 0) is 35.4 Å². The van der Waals surface area contributed by atoms with E-state index in [1.165, 1.54) is 12.1 Å². The predicted molar refractivity (Wildman–Crippen MR) is 115 cm³/mol. The Kier molecular flexibility index (Phi) is 8.23. The Hall–Kier alpha value is -3.11. The molecule has 0 atom stereocenters. The lowest BCUT2D eigenvalue weighted by Crippen LogP contribution is -2.32. The normalized spacial score (nSPS) is 11.6. The SMILES string of the molecule is NNc1ccc(-c2cc(C(=O)NCCS(=O)(=O)O)nc(C(=O)NCCS(=O)(=O)O)c2)cc1. The molecule has 0 bridgehead atoms. The number of nitrogens with zero attached hydrogens (tertiary/aromatic N) is 1. The number of rotatable bonds is 10. The molecular formula is C17H21N5O8S2. The molecule has 1 aromatic carbocycles. The van der Waals surface area contributed by atoms with Crippen molar-refractivity contribution in [2.75, 3.05) is 30.0 Å². The zero-order valence-electron chi connectivity index (χ0n) is 16.5. The number of hydrogen-bond donors (Lipinski definition) is 6. The van der Waals surface area contributed by atoms with Gasteiger partial charge < -0.3 is 16.1 Å². The molecule has 7 N–H and O–H groups in total. The number of hydrogen-bond acceptors (Lipinski definition) is 9. The summed E-state index contributed by atoms with van der Waals surface area (Å²) < 4.78 is 60.8. The second-order valence-corrected chi connectivity index (χ2v) is 9.58. The van der Waals surface area contributed by atoms with Crippen molar-refractivity contribution in [2.45, 2.75) is 0 Å². The van der Waals surface area contributed by atoms with Crippen LogP contribution in [0.4, 0.5) is 5.69 Å². The van der Waals surface area contributed by atoms with Gasteiger partial charge in [-0.2, -0.15) is 16.8 Å². The summed E-state index contributed by atoms with van der Waals surface area (Å²) in [6, 6.07) is 9.33. The Labute approximate surface area is 183 Å². The summed E-state index contributed by atoms with van der Waals surface area (Å²) >= 11 is 0. The van der Waals surface area contributed by atoms with Gasteiger partial charge in [0.05, 0.1) is 11.5 Å². The summed E-state index contributed by atoms with van der Waals surface area (Å²) in [5.41, 5.74) is 3.61. The minimum Gasteiger partial charge on any atom is -0.350 e. The first-order valence-electron chi connectivity index (χ1n) is 8.94. The van der Waals surface area contributed by atoms with Crippen molar-refractivity contribution in [2.24, 2.45) is 5.84 Å². The third kappa shape index (κ3) is 8.20. The molecule has 174 valence electrons. The minimum atomic E-state index is -4.29. The second-order valence-electron chi connectivity index (χ2n) is 6.43. The molecule has 2 amide bonds. The highest BCUT2D eigenvalue weighted by atomic mass is 32.2. The maximum absolute atomic E-state index is 12.4. The van der Waals surface area contributed by atoms with Crippen LogP contribution in [0.1, 0.15) is 21.0 Å². The molecule has 0 spiro atoms. The summed E-state index contributed by atoms with van der Waals surface area (Å²) in [7, 11) is -8.58. The molecule has 0 radical (unpaired) electrons. The van der Waals surface area contributed by atoms with Gasteiger partial charge in [0, 0.05) is 18.8 Å². The number of anilines is 1. The largest absolute Gasteiger partial charge is 0.350 e. The van der Waals surface area contributed by atoms with Gasteiger partial charge in [-0.1, -0.05) is 12.1 Å². The van der Waals surface area contributed by atoms with Crippen molar-refractivity contribution in [1.82, 2.24) is 15.6 Å². The molecule has 0 aliphatic rings. The lowest BCUT2D eigenvalue weighted by molar-refractivity contribution is 0.0947. The van der Waals surface area contributed by atoms with E-state index >= 15 is 0 Å². The van der Waals surface area contributed by atoms with Crippen LogP contribution >= 0.6 is 0 Å². The number of carbonyl (C=O) groups excluding carboxylic acids is 2. The molecule has 2 rings (SSSR count). The molecular weight excluding hydrogens is 466 g/mol. The van der Waals surface area contributed by atoms with Crippen LogP contribution in [0.2, 0.25) is 0 Å². The Balaban J connectivity index is 2.33. The molecule has 0 fully saturated rings. The van der Waals surface area contributed by atoms with Gasteiger partial charge in [0.15, 0.2) is 0 Å². The Bertz CT molecular complexity index is 1130. The number of amides is 2. The molecule has 0 saturated carbocycles. The molecule has 0 aliphatic heterocycles. The van der Waals surface area contributed by atoms with Crippen LogP contribution in [0.15, 0.2) is 36.4 Å². The molecule has 1 heterocycles. The summed E-state index contributed by atoms with van der Waals surface area (Å²) in [4.78, 5) is 28.8. The quantitative estimate of drug-likeness (QED) is 0.139. The number of hydrazine groups is 1. The fourth-order valence-electron chi connectivity index (χ4n) is 2.46. The van der Waals surface area contributed by atoms with Crippen LogP contribution in [-0.2, 0) is 20.2 Å². The van der Waals surface area contributed by atoms with E-state index in [1.54, 1.807) is 24.3 Å². The molecule has 13 nitrogen and oxygen atoms in total. The van der Waals surface area contributed by atoms with Crippen LogP contribution in [0.5, 0.6) is 0 Å². The van der Waals surface area contributed by atoms with Crippen LogP contribution < -0.4 is 21.9 Å². The van der Waals surface area contributed by atoms with Crippen molar-refractivity contribution in [3.8, 4) is 11.1 Å². The van der Waals surface area contributed by atoms with Crippen LogP contribution in [-0.4, -0.2) is 67.3 Å². The van der Waals surface area contributed by atoms with Gasteiger partial charge >= 0.3 is 0 Å². The highest BCUT2D eigenvalue weighted by Crippen LogP contribution is 2.23. The van der Waals surface area contributed by atoms with E-state index < -0.39 is 56.6 Å². The molecule has 15 heteroatoms. The average Bonchev–Trinajstić information content (AvgIpc) is 2.71. The molecule has 0 saturated heterocycles. The van der Waals surface area contributed by atoms with E-state index in [1.807, 2.05) is 0 Å². The van der Waals surface area contributed by atoms with Crippen molar-refractivity contribution in [3.05, 3.63) is 47.8 Å². The smallest absolute Gasteiger partial charge is 0.269 e. The molecule has 0 unspecified atom stereocenters. The fraction of sp³-hybridized carbons (Fsp3) is 0.235. The standard InChI is InChI=1S/C17H21N5O8S2/c18-22-13-3-1-11(2-4-13)12-9-14(16(23)19-5-7-31(25,26)27)21-15(10-12)17(24)20-6-8-32(28,29)30/h1-4,9-10,22H,5-8,18H2,(H,19,23)(H,20,24)(H,25,26,27)(H,28,29,30). The number of carbonyl (C=O) groups is 2. The predicted octanol–water partition coefficient (Wildman–Crippen LogP) is -0.731. The average molecular weight is 488 g/mol. The zero-order valence-corrected chi connectivity index (χ0v) is 18.1. The van der Waals surface area contributed by atoms with E-state index in [2.05, 4.69) is 21.0 Å². The summed E-state index contributed by atoms with van der Waals surface area (Å²) in [6.07, 6.45) is 0. The van der Waals surface area contributed by atoms with Crippen molar-refractivity contribution in [3.63, 3.8) is 0 Å². The number of nitrogens with one attached hydrogen (secondary N) is 3. The first kappa shape index (κ1) is 25.2. The first-order chi connectivity index (χ1) is 14.9. The molecule has 0 aliphatic carbocycles. The van der Waals surface area contributed by atoms with E-state index in [0.29, 0.717) is 16.8 Å². The van der Waals surface area contributed by atoms with Gasteiger partial charge in [-0.3, -0.25) is 24.5 Å². The third-order valence-corrected chi connectivity index (χ3v) is 5.41. The van der Waals surface area contributed by atoms with Crippen molar-refractivity contribution >= 4 is 37.7 Å². The van der Waals surface area contributed by atoms with Gasteiger partial charge in [0.1, 0.15) is 11.4 Å². The molecule has 1 aromatic heterocycles. The number of pyridine rings is 1. The second kappa shape index (κ2) is 10.5. The van der Waals surface area contributed by atoms with Gasteiger partial charge in [0.25, 0.3) is 32.1 Å². The lowest BCUT2D eigenvalue weighted by Gasteiger charge is -2.11. The number of aromatic nitrogens is 1. The Morgan fingerprint density at radius 2 is 1.25 bits per heavy atom. The van der Waals surface area contributed by atoms with Crippen molar-refractivity contribution < 1.29 is 35.5 Å². The maximum atomic E-state index is 12.4. The summed E-state index contributed by atoms with van der Waals surface area (Å²) in [6.45, 7) is -0.785. The van der Waals surface area contributed by atoms with Crippen molar-refractivity contribution in [1.29, 1.82) is 0 Å². The van der Waals surface area contributed by atoms with E-state index in [4.69, 9.17) is 14.9 Å². The van der Waals surface area contributed by atoms with Gasteiger partial charge in [-0.15, -0.1) is 0 Å². The van der Waals surface area contributed by atoms with E-state index in [0.717, 1.165) is 0 Å². The van der Waals surface area contributed by atoms with E-state index in [9.17, 15) is 26.4 Å². The Morgan fingerprint density at radius 1 is 0.812 bits per heavy atom. The van der Waals surface area contributed by atoms with E-state index in [-0.39, 0.29) is 11.4 Å². The monoisotopic (exact) mass is 487 g/mol. The lowest BCUT2D eigenvalue weighted by atomic mass is 10.0. The van der Waals surface area contributed by atoms with Crippen LogP contribution in [0.3, 0.4) is 0 Å².